The number of carbonyl (C=O) groups is 1. The van der Waals surface area contributed by atoms with Gasteiger partial charge in [-0.15, -0.1) is 0 Å². The Balaban J connectivity index is 1.37. The first kappa shape index (κ1) is 23.3. The molecule has 9 heteroatoms. The quantitative estimate of drug-likeness (QED) is 0.346. The molecule has 0 unspecified atom stereocenters. The maximum atomic E-state index is 13.5. The van der Waals surface area contributed by atoms with Gasteiger partial charge in [0, 0.05) is 33.8 Å². The van der Waals surface area contributed by atoms with E-state index >= 15 is 0 Å². The Labute approximate surface area is 218 Å². The molecular formula is C27H23Cl2N3O4. The maximum absolute atomic E-state index is 13.5. The second kappa shape index (κ2) is 8.76. The molecule has 4 atom stereocenters. The van der Waals surface area contributed by atoms with Crippen molar-refractivity contribution in [2.24, 2.45) is 0 Å². The van der Waals surface area contributed by atoms with E-state index in [9.17, 15) is 14.9 Å². The molecule has 1 spiro atoms. The highest BCUT2D eigenvalue weighted by Gasteiger charge is 2.73. The number of rotatable bonds is 5. The third-order valence-electron chi connectivity index (χ3n) is 7.74. The van der Waals surface area contributed by atoms with Crippen molar-refractivity contribution in [3.8, 4) is 5.75 Å². The number of amides is 1. The van der Waals surface area contributed by atoms with Crippen LogP contribution >= 0.6 is 23.2 Å². The second-order valence-electron chi connectivity index (χ2n) is 9.53. The Bertz CT molecular complexity index is 1370. The van der Waals surface area contributed by atoms with E-state index < -0.39 is 17.5 Å². The monoisotopic (exact) mass is 523 g/mol. The van der Waals surface area contributed by atoms with E-state index in [1.54, 1.807) is 30.3 Å². The molecule has 1 N–H and O–H groups in total. The summed E-state index contributed by atoms with van der Waals surface area (Å²) in [5, 5.41) is 16.6. The molecule has 3 aromatic carbocycles. The molecule has 3 heterocycles. The van der Waals surface area contributed by atoms with Gasteiger partial charge in [-0.25, -0.2) is 0 Å². The summed E-state index contributed by atoms with van der Waals surface area (Å²) in [6, 6.07) is 18.7. The standard InChI is InChI=1S/C27H23Cl2N3O4/c28-18-10-7-16(8-11-18)15-36-23-12-9-17(14-20(23)29)24-22-6-3-13-31(22)27(25(24)32(34)35)19-4-1-2-5-21(19)30-26(27)33/h1-2,4-5,7-12,14,22,24-25H,3,6,13,15H2,(H,30,33)/t22-,24-,25-,27+/m1/s1. The Morgan fingerprint density at radius 2 is 1.89 bits per heavy atom. The van der Waals surface area contributed by atoms with E-state index in [-0.39, 0.29) is 16.9 Å². The number of fused-ring (bicyclic) bond motifs is 4. The van der Waals surface area contributed by atoms with Crippen molar-refractivity contribution >= 4 is 34.8 Å². The molecule has 3 aliphatic rings. The van der Waals surface area contributed by atoms with Crippen LogP contribution in [0.15, 0.2) is 66.7 Å². The zero-order valence-corrected chi connectivity index (χ0v) is 20.7. The molecule has 0 aliphatic carbocycles. The Kier molecular flexibility index (Phi) is 5.67. The van der Waals surface area contributed by atoms with Gasteiger partial charge in [0.25, 0.3) is 11.9 Å². The molecule has 6 rings (SSSR count). The van der Waals surface area contributed by atoms with E-state index in [1.807, 2.05) is 36.4 Å². The van der Waals surface area contributed by atoms with Crippen LogP contribution in [0.3, 0.4) is 0 Å². The number of nitrogens with zero attached hydrogens (tertiary/aromatic N) is 2. The first-order valence-electron chi connectivity index (χ1n) is 11.9. The molecule has 3 aliphatic heterocycles. The zero-order valence-electron chi connectivity index (χ0n) is 19.2. The fourth-order valence-electron chi connectivity index (χ4n) is 6.36. The highest BCUT2D eigenvalue weighted by atomic mass is 35.5. The lowest BCUT2D eigenvalue weighted by molar-refractivity contribution is -0.534. The van der Waals surface area contributed by atoms with Crippen molar-refractivity contribution in [3.63, 3.8) is 0 Å². The van der Waals surface area contributed by atoms with Gasteiger partial charge < -0.3 is 10.1 Å². The van der Waals surface area contributed by atoms with Crippen LogP contribution in [0, 0.1) is 10.1 Å². The van der Waals surface area contributed by atoms with Crippen molar-refractivity contribution in [2.75, 3.05) is 11.9 Å². The number of benzene rings is 3. The molecule has 2 fully saturated rings. The van der Waals surface area contributed by atoms with Crippen LogP contribution in [-0.2, 0) is 16.9 Å². The molecule has 0 radical (unpaired) electrons. The van der Waals surface area contributed by atoms with Gasteiger partial charge in [0.2, 0.25) is 0 Å². The summed E-state index contributed by atoms with van der Waals surface area (Å²) in [6.45, 7) is 0.941. The minimum atomic E-state index is -1.35. The van der Waals surface area contributed by atoms with Crippen LogP contribution < -0.4 is 10.1 Å². The molecular weight excluding hydrogens is 501 g/mol. The number of para-hydroxylation sites is 1. The average molecular weight is 524 g/mol. The number of anilines is 1. The predicted octanol–water partition coefficient (Wildman–Crippen LogP) is 5.63. The summed E-state index contributed by atoms with van der Waals surface area (Å²) >= 11 is 12.6. The average Bonchev–Trinajstić information content (AvgIpc) is 3.52. The number of ether oxygens (including phenoxy) is 1. The van der Waals surface area contributed by atoms with Gasteiger partial charge in [0.05, 0.1) is 10.9 Å². The normalized spacial score (nSPS) is 26.6. The highest BCUT2D eigenvalue weighted by molar-refractivity contribution is 6.32. The molecule has 0 aromatic heterocycles. The van der Waals surface area contributed by atoms with E-state index in [2.05, 4.69) is 10.2 Å². The molecule has 0 saturated carbocycles. The van der Waals surface area contributed by atoms with E-state index in [0.717, 1.165) is 24.0 Å². The number of nitro groups is 1. The van der Waals surface area contributed by atoms with Crippen molar-refractivity contribution in [1.82, 2.24) is 4.90 Å². The van der Waals surface area contributed by atoms with Crippen molar-refractivity contribution in [2.45, 2.75) is 43.0 Å². The molecule has 3 aromatic rings. The number of carbonyl (C=O) groups excluding carboxylic acids is 1. The van der Waals surface area contributed by atoms with Crippen molar-refractivity contribution in [1.29, 1.82) is 0 Å². The minimum absolute atomic E-state index is 0.144. The maximum Gasteiger partial charge on any atom is 0.256 e. The molecule has 0 bridgehead atoms. The summed E-state index contributed by atoms with van der Waals surface area (Å²) < 4.78 is 5.91. The van der Waals surface area contributed by atoms with Crippen LogP contribution in [0.1, 0.15) is 35.4 Å². The first-order valence-corrected chi connectivity index (χ1v) is 12.6. The van der Waals surface area contributed by atoms with Crippen LogP contribution in [-0.4, -0.2) is 34.4 Å². The van der Waals surface area contributed by atoms with Gasteiger partial charge >= 0.3 is 0 Å². The fraction of sp³-hybridized carbons (Fsp3) is 0.296. The highest BCUT2D eigenvalue weighted by Crippen LogP contribution is 2.58. The van der Waals surface area contributed by atoms with Crippen LogP contribution in [0.25, 0.3) is 0 Å². The molecule has 184 valence electrons. The summed E-state index contributed by atoms with van der Waals surface area (Å²) in [5.74, 6) is -0.330. The molecule has 2 saturated heterocycles. The second-order valence-corrected chi connectivity index (χ2v) is 10.4. The fourth-order valence-corrected chi connectivity index (χ4v) is 6.73. The number of halogens is 2. The Hall–Kier alpha value is -3.13. The number of hydrogen-bond acceptors (Lipinski definition) is 5. The van der Waals surface area contributed by atoms with Crippen LogP contribution in [0.4, 0.5) is 5.69 Å². The van der Waals surface area contributed by atoms with Crippen LogP contribution in [0.5, 0.6) is 5.75 Å². The van der Waals surface area contributed by atoms with Crippen molar-refractivity contribution in [3.05, 3.63) is 104 Å². The van der Waals surface area contributed by atoms with Gasteiger partial charge in [-0.05, 0) is 54.3 Å². The van der Waals surface area contributed by atoms with E-state index in [4.69, 9.17) is 27.9 Å². The predicted molar refractivity (Wildman–Crippen MR) is 137 cm³/mol. The lowest BCUT2D eigenvalue weighted by Gasteiger charge is -2.32. The summed E-state index contributed by atoms with van der Waals surface area (Å²) in [4.78, 5) is 28.0. The summed E-state index contributed by atoms with van der Waals surface area (Å²) in [6.07, 6.45) is 1.65. The summed E-state index contributed by atoms with van der Waals surface area (Å²) in [7, 11) is 0. The van der Waals surface area contributed by atoms with Crippen LogP contribution in [0.2, 0.25) is 10.0 Å². The first-order chi connectivity index (χ1) is 17.4. The zero-order chi connectivity index (χ0) is 25.0. The third kappa shape index (κ3) is 3.41. The summed E-state index contributed by atoms with van der Waals surface area (Å²) in [5.41, 5.74) is 1.66. The van der Waals surface area contributed by atoms with Gasteiger partial charge in [0.15, 0.2) is 5.54 Å². The van der Waals surface area contributed by atoms with Crippen molar-refractivity contribution < 1.29 is 14.5 Å². The Morgan fingerprint density at radius 1 is 1.11 bits per heavy atom. The SMILES string of the molecule is O=C1Nc2ccccc2[C@]12[C@H]([N+](=O)[O-])[C@H](c1ccc(OCc3ccc(Cl)cc3)c(Cl)c1)[C@H]1CCCN12. The smallest absolute Gasteiger partial charge is 0.256 e. The minimum Gasteiger partial charge on any atom is -0.487 e. The van der Waals surface area contributed by atoms with E-state index in [0.29, 0.717) is 40.2 Å². The van der Waals surface area contributed by atoms with Gasteiger partial charge in [-0.1, -0.05) is 59.6 Å². The molecule has 7 nitrogen and oxygen atoms in total. The lowest BCUT2D eigenvalue weighted by Crippen LogP contribution is -2.55. The van der Waals surface area contributed by atoms with E-state index in [1.165, 1.54) is 0 Å². The molecule has 36 heavy (non-hydrogen) atoms. The topological polar surface area (TPSA) is 84.7 Å². The van der Waals surface area contributed by atoms with Gasteiger partial charge in [-0.2, -0.15) is 0 Å². The molecule has 1 amide bonds. The number of hydrogen-bond donors (Lipinski definition) is 1. The Morgan fingerprint density at radius 3 is 2.64 bits per heavy atom. The largest absolute Gasteiger partial charge is 0.487 e. The number of nitrogens with one attached hydrogen (secondary N) is 1. The lowest BCUT2D eigenvalue weighted by atomic mass is 9.77. The van der Waals surface area contributed by atoms with Gasteiger partial charge in [-0.3, -0.25) is 19.8 Å². The third-order valence-corrected chi connectivity index (χ3v) is 8.29. The van der Waals surface area contributed by atoms with Gasteiger partial charge in [0.1, 0.15) is 12.4 Å².